The molecular formula is C30H47FN4. The van der Waals surface area contributed by atoms with Crippen molar-refractivity contribution in [2.75, 3.05) is 54.0 Å². The standard InChI is InChI=1S/C30H47FN4/c1-4-7-8-9-10-13-26-14-12-20-35(25-26)29-17-18-32-30(24-29)33(6-3)21-22-34(19-5-2)28-16-11-15-27(31)23-28/h11,15-18,23-24,26H,4-10,12-14,19-22,25H2,1-3H3. The highest BCUT2D eigenvalue weighted by Crippen LogP contribution is 2.28. The summed E-state index contributed by atoms with van der Waals surface area (Å²) in [5, 5.41) is 0. The minimum atomic E-state index is -0.175. The van der Waals surface area contributed by atoms with E-state index in [9.17, 15) is 4.39 Å². The van der Waals surface area contributed by atoms with Gasteiger partial charge in [-0.25, -0.2) is 9.37 Å². The monoisotopic (exact) mass is 482 g/mol. The number of piperidine rings is 1. The number of pyridine rings is 1. The third-order valence-electron chi connectivity index (χ3n) is 7.34. The largest absolute Gasteiger partial charge is 0.371 e. The molecular weight excluding hydrogens is 435 g/mol. The van der Waals surface area contributed by atoms with Crippen molar-refractivity contribution in [3.8, 4) is 0 Å². The SMILES string of the molecule is CCCCCCCC1CCCN(c2ccnc(N(CC)CCN(CCC)c3cccc(F)c3)c2)C1. The van der Waals surface area contributed by atoms with Crippen molar-refractivity contribution in [1.29, 1.82) is 0 Å². The van der Waals surface area contributed by atoms with Gasteiger partial charge in [0, 0.05) is 62.9 Å². The lowest BCUT2D eigenvalue weighted by molar-refractivity contribution is 0.376. The van der Waals surface area contributed by atoms with E-state index in [2.05, 4.69) is 47.6 Å². The fraction of sp³-hybridized carbons (Fsp3) is 0.633. The Hall–Kier alpha value is -2.30. The van der Waals surface area contributed by atoms with E-state index in [1.54, 1.807) is 12.1 Å². The molecule has 0 saturated carbocycles. The van der Waals surface area contributed by atoms with Gasteiger partial charge in [-0.05, 0) is 62.8 Å². The van der Waals surface area contributed by atoms with Crippen molar-refractivity contribution in [1.82, 2.24) is 4.98 Å². The van der Waals surface area contributed by atoms with Crippen LogP contribution in [0.15, 0.2) is 42.6 Å². The molecule has 1 aliphatic rings. The lowest BCUT2D eigenvalue weighted by atomic mass is 9.92. The number of hydrogen-bond acceptors (Lipinski definition) is 4. The Balaban J connectivity index is 1.59. The quantitative estimate of drug-likeness (QED) is 0.245. The molecule has 1 aromatic carbocycles. The summed E-state index contributed by atoms with van der Waals surface area (Å²) < 4.78 is 13.8. The van der Waals surface area contributed by atoms with Crippen LogP contribution in [0.3, 0.4) is 0 Å². The molecule has 2 heterocycles. The van der Waals surface area contributed by atoms with Crippen LogP contribution in [0.25, 0.3) is 0 Å². The van der Waals surface area contributed by atoms with Crippen molar-refractivity contribution in [3.05, 3.63) is 48.4 Å². The molecule has 35 heavy (non-hydrogen) atoms. The van der Waals surface area contributed by atoms with Crippen molar-refractivity contribution in [3.63, 3.8) is 0 Å². The number of aromatic nitrogens is 1. The van der Waals surface area contributed by atoms with Gasteiger partial charge in [0.05, 0.1) is 0 Å². The Morgan fingerprint density at radius 2 is 1.77 bits per heavy atom. The number of likely N-dealkylation sites (N-methyl/N-ethyl adjacent to an activating group) is 1. The Bertz CT molecular complexity index is 858. The van der Waals surface area contributed by atoms with Gasteiger partial charge in [-0.15, -0.1) is 0 Å². The van der Waals surface area contributed by atoms with Crippen LogP contribution < -0.4 is 14.7 Å². The van der Waals surface area contributed by atoms with Gasteiger partial charge in [0.2, 0.25) is 0 Å². The minimum Gasteiger partial charge on any atom is -0.371 e. The van der Waals surface area contributed by atoms with Gasteiger partial charge >= 0.3 is 0 Å². The average Bonchev–Trinajstić information content (AvgIpc) is 2.88. The summed E-state index contributed by atoms with van der Waals surface area (Å²) in [7, 11) is 0. The predicted octanol–water partition coefficient (Wildman–Crippen LogP) is 7.54. The number of benzene rings is 1. The lowest BCUT2D eigenvalue weighted by Crippen LogP contribution is -2.37. The Morgan fingerprint density at radius 3 is 2.54 bits per heavy atom. The summed E-state index contributed by atoms with van der Waals surface area (Å²) in [6.07, 6.45) is 13.9. The third-order valence-corrected chi connectivity index (χ3v) is 7.34. The molecule has 194 valence electrons. The van der Waals surface area contributed by atoms with Crippen molar-refractivity contribution < 1.29 is 4.39 Å². The maximum atomic E-state index is 13.8. The van der Waals surface area contributed by atoms with Gasteiger partial charge in [0.15, 0.2) is 0 Å². The molecule has 1 fully saturated rings. The molecule has 4 nitrogen and oxygen atoms in total. The molecule has 0 spiro atoms. The number of hydrogen-bond donors (Lipinski definition) is 0. The van der Waals surface area contributed by atoms with Crippen LogP contribution in [-0.4, -0.2) is 44.3 Å². The topological polar surface area (TPSA) is 22.6 Å². The highest BCUT2D eigenvalue weighted by Gasteiger charge is 2.21. The molecule has 5 heteroatoms. The zero-order valence-corrected chi connectivity index (χ0v) is 22.4. The molecule has 1 unspecified atom stereocenters. The van der Waals surface area contributed by atoms with Crippen LogP contribution in [0.4, 0.5) is 21.6 Å². The smallest absolute Gasteiger partial charge is 0.130 e. The number of halogens is 1. The molecule has 1 aromatic heterocycles. The lowest BCUT2D eigenvalue weighted by Gasteiger charge is -2.35. The first-order chi connectivity index (χ1) is 17.1. The van der Waals surface area contributed by atoms with Gasteiger partial charge in [-0.2, -0.15) is 0 Å². The summed E-state index contributed by atoms with van der Waals surface area (Å²) in [5.41, 5.74) is 2.26. The molecule has 3 rings (SSSR count). The second-order valence-electron chi connectivity index (χ2n) is 10.1. The van der Waals surface area contributed by atoms with E-state index in [0.29, 0.717) is 0 Å². The van der Waals surface area contributed by atoms with Crippen LogP contribution in [0, 0.1) is 11.7 Å². The average molecular weight is 483 g/mol. The van der Waals surface area contributed by atoms with E-state index in [-0.39, 0.29) is 5.82 Å². The summed E-state index contributed by atoms with van der Waals surface area (Å²) in [5.74, 6) is 1.69. The van der Waals surface area contributed by atoms with Gasteiger partial charge < -0.3 is 14.7 Å². The van der Waals surface area contributed by atoms with Crippen LogP contribution in [0.5, 0.6) is 0 Å². The van der Waals surface area contributed by atoms with Crippen molar-refractivity contribution in [2.45, 2.75) is 78.6 Å². The normalized spacial score (nSPS) is 15.9. The van der Waals surface area contributed by atoms with Gasteiger partial charge in [0.25, 0.3) is 0 Å². The molecule has 1 atom stereocenters. The van der Waals surface area contributed by atoms with Crippen molar-refractivity contribution in [2.24, 2.45) is 5.92 Å². The molecule has 1 aliphatic heterocycles. The zero-order chi connectivity index (χ0) is 24.9. The van der Waals surface area contributed by atoms with Crippen LogP contribution >= 0.6 is 0 Å². The second-order valence-corrected chi connectivity index (χ2v) is 10.1. The second kappa shape index (κ2) is 15.0. The molecule has 0 aliphatic carbocycles. The first kappa shape index (κ1) is 27.3. The van der Waals surface area contributed by atoms with E-state index in [1.165, 1.54) is 69.7 Å². The minimum absolute atomic E-state index is 0.175. The maximum Gasteiger partial charge on any atom is 0.130 e. The zero-order valence-electron chi connectivity index (χ0n) is 22.4. The summed E-state index contributed by atoms with van der Waals surface area (Å²) in [6, 6.07) is 11.4. The summed E-state index contributed by atoms with van der Waals surface area (Å²) >= 11 is 0. The predicted molar refractivity (Wildman–Crippen MR) is 149 cm³/mol. The fourth-order valence-corrected chi connectivity index (χ4v) is 5.34. The maximum absolute atomic E-state index is 13.8. The van der Waals surface area contributed by atoms with Gasteiger partial charge in [0.1, 0.15) is 11.6 Å². The van der Waals surface area contributed by atoms with Crippen LogP contribution in [-0.2, 0) is 0 Å². The Labute approximate surface area is 213 Å². The first-order valence-corrected chi connectivity index (χ1v) is 14.1. The van der Waals surface area contributed by atoms with E-state index >= 15 is 0 Å². The van der Waals surface area contributed by atoms with Crippen LogP contribution in [0.1, 0.15) is 78.6 Å². The number of anilines is 3. The molecule has 0 N–H and O–H groups in total. The molecule has 2 aromatic rings. The first-order valence-electron chi connectivity index (χ1n) is 14.1. The van der Waals surface area contributed by atoms with Crippen LogP contribution in [0.2, 0.25) is 0 Å². The van der Waals surface area contributed by atoms with Gasteiger partial charge in [-0.3, -0.25) is 0 Å². The molecule has 0 radical (unpaired) electrons. The Kier molecular flexibility index (Phi) is 11.7. The van der Waals surface area contributed by atoms with E-state index in [1.807, 2.05) is 12.3 Å². The Morgan fingerprint density at radius 1 is 0.943 bits per heavy atom. The summed E-state index contributed by atoms with van der Waals surface area (Å²) in [6.45, 7) is 12.5. The van der Waals surface area contributed by atoms with E-state index < -0.39 is 0 Å². The molecule has 0 amide bonds. The third kappa shape index (κ3) is 8.70. The summed E-state index contributed by atoms with van der Waals surface area (Å²) in [4.78, 5) is 11.9. The molecule has 1 saturated heterocycles. The number of rotatable bonds is 15. The number of unbranched alkanes of at least 4 members (excludes halogenated alkanes) is 4. The van der Waals surface area contributed by atoms with Crippen molar-refractivity contribution >= 4 is 17.2 Å². The molecule has 0 bridgehead atoms. The van der Waals surface area contributed by atoms with Gasteiger partial charge in [-0.1, -0.05) is 52.0 Å². The highest BCUT2D eigenvalue weighted by atomic mass is 19.1. The van der Waals surface area contributed by atoms with E-state index in [4.69, 9.17) is 4.98 Å². The highest BCUT2D eigenvalue weighted by molar-refractivity contribution is 5.55. The van der Waals surface area contributed by atoms with E-state index in [0.717, 1.165) is 56.6 Å². The number of nitrogens with zero attached hydrogens (tertiary/aromatic N) is 4. The fourth-order valence-electron chi connectivity index (χ4n) is 5.34.